The van der Waals surface area contributed by atoms with Gasteiger partial charge in [0, 0.05) is 23.7 Å². The van der Waals surface area contributed by atoms with Crippen molar-refractivity contribution in [3.05, 3.63) is 42.7 Å². The van der Waals surface area contributed by atoms with E-state index in [1.54, 1.807) is 31.6 Å². The Morgan fingerprint density at radius 2 is 2.00 bits per heavy atom. The van der Waals surface area contributed by atoms with Crippen LogP contribution in [-0.2, 0) is 0 Å². The minimum atomic E-state index is -1.21. The summed E-state index contributed by atoms with van der Waals surface area (Å²) >= 11 is 1.27. The van der Waals surface area contributed by atoms with Gasteiger partial charge < -0.3 is 24.8 Å². The average Bonchev–Trinajstić information content (AvgIpc) is 2.62. The van der Waals surface area contributed by atoms with Crippen LogP contribution in [0.15, 0.2) is 42.7 Å². The number of hydrogen-bond acceptors (Lipinski definition) is 7. The van der Waals surface area contributed by atoms with Crippen molar-refractivity contribution in [1.82, 2.24) is 4.98 Å². The second kappa shape index (κ2) is 7.40. The average molecular weight is 349 g/mol. The second-order valence-corrected chi connectivity index (χ2v) is 6.60. The molecule has 4 atom stereocenters. The van der Waals surface area contributed by atoms with E-state index >= 15 is 0 Å². The van der Waals surface area contributed by atoms with E-state index in [-0.39, 0.29) is 0 Å². The summed E-state index contributed by atoms with van der Waals surface area (Å²) in [6.07, 6.45) is 0.0520. The first kappa shape index (κ1) is 17.0. The zero-order valence-corrected chi connectivity index (χ0v) is 13.9. The van der Waals surface area contributed by atoms with Gasteiger partial charge in [0.2, 0.25) is 0 Å². The molecular weight excluding hydrogens is 330 g/mol. The summed E-state index contributed by atoms with van der Waals surface area (Å²) in [5, 5.41) is 29.4. The van der Waals surface area contributed by atoms with Gasteiger partial charge in [0.25, 0.3) is 0 Å². The van der Waals surface area contributed by atoms with Crippen molar-refractivity contribution in [2.45, 2.75) is 23.7 Å². The van der Waals surface area contributed by atoms with Crippen LogP contribution in [0.4, 0.5) is 0 Å². The Balaban J connectivity index is 1.81. The smallest absolute Gasteiger partial charge is 0.173 e. The summed E-state index contributed by atoms with van der Waals surface area (Å²) < 4.78 is 11.1. The highest BCUT2D eigenvalue weighted by molar-refractivity contribution is 7.99. The molecule has 24 heavy (non-hydrogen) atoms. The molecule has 2 heterocycles. The van der Waals surface area contributed by atoms with Crippen molar-refractivity contribution in [1.29, 1.82) is 0 Å². The van der Waals surface area contributed by atoms with Crippen LogP contribution >= 0.6 is 11.8 Å². The largest absolute Gasteiger partial charge is 0.496 e. The summed E-state index contributed by atoms with van der Waals surface area (Å²) in [7, 11) is 1.60. The highest BCUT2D eigenvalue weighted by Crippen LogP contribution is 2.33. The minimum absolute atomic E-state index is 0.305. The van der Waals surface area contributed by atoms with Gasteiger partial charge in [-0.05, 0) is 23.8 Å². The van der Waals surface area contributed by atoms with Gasteiger partial charge in [0.05, 0.1) is 13.2 Å². The topological polar surface area (TPSA) is 92.0 Å². The Hall–Kier alpha value is -1.80. The quantitative estimate of drug-likeness (QED) is 0.766. The number of methoxy groups -OCH3 is 1. The number of aliphatic hydroxyl groups is 3. The molecule has 3 N–H and O–H groups in total. The van der Waals surface area contributed by atoms with E-state index in [1.807, 2.05) is 18.2 Å². The zero-order valence-electron chi connectivity index (χ0n) is 13.1. The molecule has 128 valence electrons. The normalized spacial score (nSPS) is 26.8. The van der Waals surface area contributed by atoms with Gasteiger partial charge in [-0.2, -0.15) is 0 Å². The van der Waals surface area contributed by atoms with Gasteiger partial charge in [0.15, 0.2) is 5.44 Å². The highest BCUT2D eigenvalue weighted by Gasteiger charge is 2.38. The molecule has 1 aromatic heterocycles. The van der Waals surface area contributed by atoms with Crippen LogP contribution in [-0.4, -0.2) is 56.9 Å². The molecule has 7 heteroatoms. The van der Waals surface area contributed by atoms with Crippen molar-refractivity contribution < 1.29 is 24.8 Å². The standard InChI is InChI=1S/C17H19NO5S/c1-22-14-5-6-18-8-12(14)10-3-2-4-11(7-10)23-17-16(21)15(20)13(19)9-24-17/h2-8,13,15-17,19-21H,9H2,1H3/t13-,15+,16-,17+/m1/s1. The van der Waals surface area contributed by atoms with Crippen LogP contribution in [0.1, 0.15) is 0 Å². The molecule has 1 aliphatic rings. The number of ether oxygens (including phenoxy) is 2. The summed E-state index contributed by atoms with van der Waals surface area (Å²) in [4.78, 5) is 4.12. The Labute approximate surface area is 144 Å². The monoisotopic (exact) mass is 349 g/mol. The Morgan fingerprint density at radius 3 is 2.79 bits per heavy atom. The molecular formula is C17H19NO5S. The van der Waals surface area contributed by atoms with E-state index in [9.17, 15) is 15.3 Å². The summed E-state index contributed by atoms with van der Waals surface area (Å²) in [6, 6.07) is 9.13. The SMILES string of the molecule is COc1ccncc1-c1cccc(O[C@H]2SC[C@@H](O)[C@H](O)[C@H]2O)c1. The van der Waals surface area contributed by atoms with Crippen molar-refractivity contribution in [2.24, 2.45) is 0 Å². The van der Waals surface area contributed by atoms with Crippen LogP contribution in [0.5, 0.6) is 11.5 Å². The van der Waals surface area contributed by atoms with Gasteiger partial charge in [-0.3, -0.25) is 4.98 Å². The number of hydrogen-bond donors (Lipinski definition) is 3. The lowest BCUT2D eigenvalue weighted by molar-refractivity contribution is -0.0786. The highest BCUT2D eigenvalue weighted by atomic mass is 32.2. The van der Waals surface area contributed by atoms with Gasteiger partial charge in [-0.25, -0.2) is 0 Å². The molecule has 0 unspecified atom stereocenters. The molecule has 2 aromatic rings. The fourth-order valence-electron chi connectivity index (χ4n) is 2.53. The lowest BCUT2D eigenvalue weighted by atomic mass is 10.1. The lowest BCUT2D eigenvalue weighted by Gasteiger charge is -2.34. The van der Waals surface area contributed by atoms with E-state index in [0.29, 0.717) is 17.3 Å². The lowest BCUT2D eigenvalue weighted by Crippen LogP contribution is -2.50. The first-order valence-corrected chi connectivity index (χ1v) is 8.56. The van der Waals surface area contributed by atoms with Crippen LogP contribution in [0.2, 0.25) is 0 Å². The first-order valence-electron chi connectivity index (χ1n) is 7.51. The number of thioether (sulfide) groups is 1. The molecule has 3 rings (SSSR count). The second-order valence-electron chi connectivity index (χ2n) is 5.47. The predicted octanol–water partition coefficient (Wildman–Crippen LogP) is 1.29. The third-order valence-electron chi connectivity index (χ3n) is 3.85. The van der Waals surface area contributed by atoms with Crippen molar-refractivity contribution in [3.63, 3.8) is 0 Å². The predicted molar refractivity (Wildman–Crippen MR) is 91.1 cm³/mol. The fraction of sp³-hybridized carbons (Fsp3) is 0.353. The van der Waals surface area contributed by atoms with Gasteiger partial charge in [0.1, 0.15) is 23.7 Å². The van der Waals surface area contributed by atoms with Crippen molar-refractivity contribution >= 4 is 11.8 Å². The number of aromatic nitrogens is 1. The number of nitrogens with zero attached hydrogens (tertiary/aromatic N) is 1. The molecule has 0 bridgehead atoms. The van der Waals surface area contributed by atoms with E-state index in [1.165, 1.54) is 11.8 Å². The molecule has 1 saturated heterocycles. The van der Waals surface area contributed by atoms with Gasteiger partial charge in [-0.1, -0.05) is 12.1 Å². The molecule has 0 amide bonds. The molecule has 0 spiro atoms. The van der Waals surface area contributed by atoms with E-state index in [4.69, 9.17) is 9.47 Å². The van der Waals surface area contributed by atoms with Crippen molar-refractivity contribution in [3.8, 4) is 22.6 Å². The van der Waals surface area contributed by atoms with E-state index < -0.39 is 23.7 Å². The van der Waals surface area contributed by atoms with E-state index in [0.717, 1.165) is 11.1 Å². The fourth-order valence-corrected chi connectivity index (χ4v) is 3.65. The summed E-state index contributed by atoms with van der Waals surface area (Å²) in [5.41, 5.74) is 1.06. The minimum Gasteiger partial charge on any atom is -0.496 e. The maximum atomic E-state index is 10.1. The molecule has 1 fully saturated rings. The third-order valence-corrected chi connectivity index (χ3v) is 5.09. The summed E-state index contributed by atoms with van der Waals surface area (Å²) in [5.74, 6) is 1.56. The first-order chi connectivity index (χ1) is 11.6. The summed E-state index contributed by atoms with van der Waals surface area (Å²) in [6.45, 7) is 0. The molecule has 6 nitrogen and oxygen atoms in total. The van der Waals surface area contributed by atoms with Crippen LogP contribution < -0.4 is 9.47 Å². The molecule has 0 aliphatic carbocycles. The maximum Gasteiger partial charge on any atom is 0.173 e. The Kier molecular flexibility index (Phi) is 5.25. The molecule has 0 saturated carbocycles. The Bertz CT molecular complexity index is 698. The Morgan fingerprint density at radius 1 is 1.17 bits per heavy atom. The van der Waals surface area contributed by atoms with E-state index in [2.05, 4.69) is 4.98 Å². The number of rotatable bonds is 4. The molecule has 1 aliphatic heterocycles. The number of aliphatic hydroxyl groups excluding tert-OH is 3. The molecule has 1 aromatic carbocycles. The van der Waals surface area contributed by atoms with Gasteiger partial charge in [-0.15, -0.1) is 11.8 Å². The zero-order chi connectivity index (χ0) is 17.1. The van der Waals surface area contributed by atoms with Crippen LogP contribution in [0.3, 0.4) is 0 Å². The van der Waals surface area contributed by atoms with Crippen molar-refractivity contribution in [2.75, 3.05) is 12.9 Å². The van der Waals surface area contributed by atoms with Gasteiger partial charge >= 0.3 is 0 Å². The number of benzene rings is 1. The van der Waals surface area contributed by atoms with Crippen LogP contribution in [0.25, 0.3) is 11.1 Å². The molecule has 0 radical (unpaired) electrons. The maximum absolute atomic E-state index is 10.1. The third kappa shape index (κ3) is 3.49. The number of pyridine rings is 1. The van der Waals surface area contributed by atoms with Crippen LogP contribution in [0, 0.1) is 0 Å².